The van der Waals surface area contributed by atoms with Gasteiger partial charge in [-0.1, -0.05) is 18.2 Å². The molecule has 2 aromatic rings. The Balaban J connectivity index is 2.11. The molecule has 2 rings (SSSR count). The number of para-hydroxylation sites is 1. The van der Waals surface area contributed by atoms with E-state index in [0.29, 0.717) is 22.4 Å². The van der Waals surface area contributed by atoms with E-state index in [1.165, 1.54) is 0 Å². The van der Waals surface area contributed by atoms with Crippen molar-refractivity contribution in [2.24, 2.45) is 5.73 Å². The molecular weight excluding hydrogens is 280 g/mol. The van der Waals surface area contributed by atoms with Crippen molar-refractivity contribution in [1.29, 1.82) is 5.41 Å². The number of esters is 1. The lowest BCUT2D eigenvalue weighted by Gasteiger charge is -2.06. The molecule has 0 unspecified atom stereocenters. The van der Waals surface area contributed by atoms with Crippen LogP contribution in [0.5, 0.6) is 11.5 Å². The first-order valence-corrected chi connectivity index (χ1v) is 6.60. The molecule has 0 amide bonds. The van der Waals surface area contributed by atoms with Crippen molar-refractivity contribution < 1.29 is 14.6 Å². The quantitative estimate of drug-likeness (QED) is 0.266. The van der Waals surface area contributed by atoms with Crippen LogP contribution in [0.4, 0.5) is 0 Å². The maximum absolute atomic E-state index is 12.0. The van der Waals surface area contributed by atoms with Gasteiger partial charge in [-0.2, -0.15) is 0 Å². The maximum Gasteiger partial charge on any atom is 0.339 e. The summed E-state index contributed by atoms with van der Waals surface area (Å²) in [7, 11) is 0. The van der Waals surface area contributed by atoms with E-state index < -0.39 is 5.97 Å². The van der Waals surface area contributed by atoms with Crippen LogP contribution in [0, 0.1) is 5.41 Å². The molecule has 0 atom stereocenters. The number of nitrogens with two attached hydrogens (primary N) is 1. The van der Waals surface area contributed by atoms with Gasteiger partial charge in [0.25, 0.3) is 0 Å². The second-order valence-corrected chi connectivity index (χ2v) is 4.71. The van der Waals surface area contributed by atoms with E-state index in [1.807, 2.05) is 0 Å². The van der Waals surface area contributed by atoms with Crippen molar-refractivity contribution in [3.63, 3.8) is 0 Å². The molecule has 112 valence electrons. The standard InChI is InChI=1S/C17H16N2O3/c1-11(10-13-4-2-3-5-15(13)20)17(21)22-14-8-6-12(7-9-14)16(18)19/h2-10,20H,1H3,(H3,18,19)/b11-10+. The van der Waals surface area contributed by atoms with E-state index in [2.05, 4.69) is 0 Å². The zero-order valence-corrected chi connectivity index (χ0v) is 12.0. The number of rotatable bonds is 4. The van der Waals surface area contributed by atoms with Crippen molar-refractivity contribution in [3.8, 4) is 11.5 Å². The van der Waals surface area contributed by atoms with E-state index in [9.17, 15) is 9.90 Å². The number of phenolic OH excluding ortho intramolecular Hbond substituents is 1. The lowest BCUT2D eigenvalue weighted by atomic mass is 10.1. The first kappa shape index (κ1) is 15.3. The summed E-state index contributed by atoms with van der Waals surface area (Å²) in [6, 6.07) is 13.1. The molecule has 0 aliphatic rings. The zero-order chi connectivity index (χ0) is 16.1. The van der Waals surface area contributed by atoms with Gasteiger partial charge >= 0.3 is 5.97 Å². The van der Waals surface area contributed by atoms with E-state index in [4.69, 9.17) is 15.9 Å². The third-order valence-electron chi connectivity index (χ3n) is 3.01. The van der Waals surface area contributed by atoms with Gasteiger partial charge in [0.15, 0.2) is 0 Å². The van der Waals surface area contributed by atoms with Gasteiger partial charge in [-0.05, 0) is 43.3 Å². The van der Waals surface area contributed by atoms with Crippen LogP contribution in [0.15, 0.2) is 54.1 Å². The van der Waals surface area contributed by atoms with Crippen molar-refractivity contribution in [2.45, 2.75) is 6.92 Å². The van der Waals surface area contributed by atoms with Gasteiger partial charge in [-0.15, -0.1) is 0 Å². The molecule has 5 heteroatoms. The largest absolute Gasteiger partial charge is 0.507 e. The second-order valence-electron chi connectivity index (χ2n) is 4.71. The summed E-state index contributed by atoms with van der Waals surface area (Å²) < 4.78 is 5.22. The molecule has 0 fully saturated rings. The van der Waals surface area contributed by atoms with Crippen LogP contribution in [0.3, 0.4) is 0 Å². The topological polar surface area (TPSA) is 96.4 Å². The van der Waals surface area contributed by atoms with Crippen LogP contribution in [0.1, 0.15) is 18.1 Å². The Bertz CT molecular complexity index is 734. The Morgan fingerprint density at radius 2 is 1.82 bits per heavy atom. The molecule has 2 aromatic carbocycles. The molecular formula is C17H16N2O3. The Kier molecular flexibility index (Phi) is 4.58. The molecule has 0 saturated heterocycles. The molecule has 0 heterocycles. The molecule has 0 radical (unpaired) electrons. The van der Waals surface area contributed by atoms with Gasteiger partial charge in [-0.25, -0.2) is 4.79 Å². The van der Waals surface area contributed by atoms with E-state index in [-0.39, 0.29) is 11.6 Å². The number of ether oxygens (including phenoxy) is 1. The van der Waals surface area contributed by atoms with E-state index in [0.717, 1.165) is 0 Å². The van der Waals surface area contributed by atoms with Crippen molar-refractivity contribution in [1.82, 2.24) is 0 Å². The smallest absolute Gasteiger partial charge is 0.339 e. The summed E-state index contributed by atoms with van der Waals surface area (Å²) in [4.78, 5) is 12.0. The third kappa shape index (κ3) is 3.73. The molecule has 4 N–H and O–H groups in total. The first-order chi connectivity index (χ1) is 10.5. The number of hydrogen-bond donors (Lipinski definition) is 3. The Morgan fingerprint density at radius 1 is 1.18 bits per heavy atom. The lowest BCUT2D eigenvalue weighted by molar-refractivity contribution is -0.130. The predicted octanol–water partition coefficient (Wildman–Crippen LogP) is 2.69. The lowest BCUT2D eigenvalue weighted by Crippen LogP contribution is -2.12. The van der Waals surface area contributed by atoms with Crippen LogP contribution in [-0.4, -0.2) is 16.9 Å². The summed E-state index contributed by atoms with van der Waals surface area (Å²) in [6.07, 6.45) is 1.56. The normalized spacial score (nSPS) is 11.0. The zero-order valence-electron chi connectivity index (χ0n) is 12.0. The van der Waals surface area contributed by atoms with Gasteiger partial charge in [0, 0.05) is 16.7 Å². The molecule has 0 saturated carbocycles. The van der Waals surface area contributed by atoms with Crippen LogP contribution >= 0.6 is 0 Å². The molecule has 0 aromatic heterocycles. The first-order valence-electron chi connectivity index (χ1n) is 6.60. The fourth-order valence-corrected chi connectivity index (χ4v) is 1.79. The number of carbonyl (C=O) groups is 1. The number of hydrogen-bond acceptors (Lipinski definition) is 4. The van der Waals surface area contributed by atoms with Gasteiger partial charge in [-0.3, -0.25) is 5.41 Å². The minimum atomic E-state index is -0.515. The Morgan fingerprint density at radius 3 is 2.41 bits per heavy atom. The highest BCUT2D eigenvalue weighted by Gasteiger charge is 2.09. The fourth-order valence-electron chi connectivity index (χ4n) is 1.79. The minimum absolute atomic E-state index is 0.0477. The minimum Gasteiger partial charge on any atom is -0.507 e. The van der Waals surface area contributed by atoms with Gasteiger partial charge in [0.1, 0.15) is 17.3 Å². The Labute approximate surface area is 128 Å². The van der Waals surface area contributed by atoms with Crippen molar-refractivity contribution >= 4 is 17.9 Å². The highest BCUT2D eigenvalue weighted by molar-refractivity contribution is 5.96. The van der Waals surface area contributed by atoms with Crippen LogP contribution in [0.2, 0.25) is 0 Å². The summed E-state index contributed by atoms with van der Waals surface area (Å²) >= 11 is 0. The highest BCUT2D eigenvalue weighted by Crippen LogP contribution is 2.20. The number of nitrogen functional groups attached to an aromatic ring is 1. The summed E-state index contributed by atoms with van der Waals surface area (Å²) in [5.74, 6) is -0.104. The van der Waals surface area contributed by atoms with Crippen LogP contribution in [-0.2, 0) is 4.79 Å². The van der Waals surface area contributed by atoms with Crippen molar-refractivity contribution in [3.05, 3.63) is 65.2 Å². The number of aromatic hydroxyl groups is 1. The summed E-state index contributed by atoms with van der Waals surface area (Å²) in [6.45, 7) is 1.61. The molecule has 0 aliphatic heterocycles. The van der Waals surface area contributed by atoms with Gasteiger partial charge < -0.3 is 15.6 Å². The number of amidine groups is 1. The average Bonchev–Trinajstić information content (AvgIpc) is 2.50. The van der Waals surface area contributed by atoms with E-state index in [1.54, 1.807) is 61.5 Å². The van der Waals surface area contributed by atoms with Gasteiger partial charge in [0.2, 0.25) is 0 Å². The molecule has 0 aliphatic carbocycles. The number of benzene rings is 2. The maximum atomic E-state index is 12.0. The number of nitrogens with one attached hydrogen (secondary N) is 1. The van der Waals surface area contributed by atoms with Crippen LogP contribution in [0.25, 0.3) is 6.08 Å². The molecule has 0 spiro atoms. The summed E-state index contributed by atoms with van der Waals surface area (Å²) in [5.41, 5.74) is 6.82. The molecule has 5 nitrogen and oxygen atoms in total. The van der Waals surface area contributed by atoms with Crippen molar-refractivity contribution in [2.75, 3.05) is 0 Å². The predicted molar refractivity (Wildman–Crippen MR) is 84.9 cm³/mol. The van der Waals surface area contributed by atoms with Gasteiger partial charge in [0.05, 0.1) is 0 Å². The number of carbonyl (C=O) groups excluding carboxylic acids is 1. The monoisotopic (exact) mass is 296 g/mol. The second kappa shape index (κ2) is 6.58. The SMILES string of the molecule is C/C(=C\c1ccccc1O)C(=O)Oc1ccc(C(=N)N)cc1. The average molecular weight is 296 g/mol. The molecule has 22 heavy (non-hydrogen) atoms. The third-order valence-corrected chi connectivity index (χ3v) is 3.01. The van der Waals surface area contributed by atoms with E-state index >= 15 is 0 Å². The fraction of sp³-hybridized carbons (Fsp3) is 0.0588. The highest BCUT2D eigenvalue weighted by atomic mass is 16.5. The summed E-state index contributed by atoms with van der Waals surface area (Å²) in [5, 5.41) is 17.0. The Hall–Kier alpha value is -3.08. The van der Waals surface area contributed by atoms with Crippen LogP contribution < -0.4 is 10.5 Å². The number of phenols is 1. The molecule has 0 bridgehead atoms.